The minimum absolute atomic E-state index is 1.08. The van der Waals surface area contributed by atoms with Gasteiger partial charge in [-0.05, 0) is 44.4 Å². The summed E-state index contributed by atoms with van der Waals surface area (Å²) in [6.45, 7) is 7.44. The Morgan fingerprint density at radius 3 is 2.50 bits per heavy atom. The summed E-state index contributed by atoms with van der Waals surface area (Å²) >= 11 is 0. The van der Waals surface area contributed by atoms with Gasteiger partial charge in [-0.1, -0.05) is 42.5 Å². The molecule has 1 heterocycles. The molecular weight excluding hydrogens is 218 g/mol. The first-order valence-corrected chi connectivity index (χ1v) is 6.59. The minimum Gasteiger partial charge on any atom is -0.344 e. The van der Waals surface area contributed by atoms with E-state index in [9.17, 15) is 0 Å². The zero-order valence-electron chi connectivity index (χ0n) is 11.5. The first-order valence-electron chi connectivity index (χ1n) is 6.59. The lowest BCUT2D eigenvalue weighted by Crippen LogP contribution is -2.17. The maximum atomic E-state index is 2.42. The van der Waals surface area contributed by atoms with Crippen molar-refractivity contribution < 1.29 is 0 Å². The summed E-state index contributed by atoms with van der Waals surface area (Å²) < 4.78 is 0. The fraction of sp³-hybridized carbons (Fsp3) is 0.294. The van der Waals surface area contributed by atoms with Crippen LogP contribution < -0.4 is 4.90 Å². The summed E-state index contributed by atoms with van der Waals surface area (Å²) in [5.74, 6) is 0. The van der Waals surface area contributed by atoms with E-state index >= 15 is 0 Å². The highest BCUT2D eigenvalue weighted by Crippen LogP contribution is 2.32. The van der Waals surface area contributed by atoms with Crippen molar-refractivity contribution in [3.63, 3.8) is 0 Å². The zero-order valence-corrected chi connectivity index (χ0v) is 11.5. The fourth-order valence-electron chi connectivity index (χ4n) is 2.51. The topological polar surface area (TPSA) is 3.24 Å². The lowest BCUT2D eigenvalue weighted by atomic mass is 10.1. The average molecular weight is 239 g/mol. The summed E-state index contributed by atoms with van der Waals surface area (Å²) in [4.78, 5) is 2.42. The van der Waals surface area contributed by atoms with Crippen LogP contribution in [0, 0.1) is 0 Å². The summed E-state index contributed by atoms with van der Waals surface area (Å²) in [6.07, 6.45) is 9.77. The van der Waals surface area contributed by atoms with Gasteiger partial charge >= 0.3 is 0 Å². The number of allylic oxidation sites excluding steroid dienone is 4. The van der Waals surface area contributed by atoms with Crippen LogP contribution in [0.3, 0.4) is 0 Å². The molecule has 1 heteroatoms. The summed E-state index contributed by atoms with van der Waals surface area (Å²) in [6, 6.07) is 8.60. The van der Waals surface area contributed by atoms with Gasteiger partial charge in [0.2, 0.25) is 0 Å². The lowest BCUT2D eigenvalue weighted by Gasteiger charge is -2.22. The molecule has 0 aliphatic carbocycles. The molecule has 0 atom stereocenters. The molecule has 2 rings (SSSR count). The van der Waals surface area contributed by atoms with Crippen LogP contribution in [0.1, 0.15) is 32.8 Å². The normalized spacial score (nSPS) is 16.5. The third kappa shape index (κ3) is 2.40. The highest BCUT2D eigenvalue weighted by Gasteiger charge is 2.19. The Labute approximate surface area is 110 Å². The average Bonchev–Trinajstić information content (AvgIpc) is 2.73. The monoisotopic (exact) mass is 239 g/mol. The van der Waals surface area contributed by atoms with Crippen LogP contribution in [0.25, 0.3) is 6.08 Å². The molecule has 94 valence electrons. The van der Waals surface area contributed by atoms with Crippen molar-refractivity contribution in [3.05, 3.63) is 59.3 Å². The molecule has 0 aromatic heterocycles. The Morgan fingerprint density at radius 1 is 1.06 bits per heavy atom. The van der Waals surface area contributed by atoms with Crippen LogP contribution in [-0.4, -0.2) is 6.54 Å². The SMILES string of the molecule is C/C=C\C1=C(C)N(c2ccccc2/C=C\C)CC1. The van der Waals surface area contributed by atoms with Crippen molar-refractivity contribution in [1.82, 2.24) is 0 Å². The minimum atomic E-state index is 1.08. The number of benzene rings is 1. The van der Waals surface area contributed by atoms with Crippen LogP contribution >= 0.6 is 0 Å². The first-order chi connectivity index (χ1) is 8.77. The quantitative estimate of drug-likeness (QED) is 0.733. The van der Waals surface area contributed by atoms with E-state index in [0.717, 1.165) is 13.0 Å². The number of para-hydroxylation sites is 1. The number of rotatable bonds is 3. The Kier molecular flexibility index (Phi) is 4.03. The molecule has 0 saturated heterocycles. The number of anilines is 1. The Bertz CT molecular complexity index is 506. The molecule has 0 spiro atoms. The van der Waals surface area contributed by atoms with Gasteiger partial charge < -0.3 is 4.90 Å². The summed E-state index contributed by atoms with van der Waals surface area (Å²) in [5.41, 5.74) is 5.44. The van der Waals surface area contributed by atoms with Gasteiger partial charge in [0.15, 0.2) is 0 Å². The van der Waals surface area contributed by atoms with E-state index in [2.05, 4.69) is 74.2 Å². The molecule has 1 aromatic rings. The summed E-state index contributed by atoms with van der Waals surface area (Å²) in [7, 11) is 0. The Balaban J connectivity index is 2.39. The van der Waals surface area contributed by atoms with Gasteiger partial charge in [-0.2, -0.15) is 0 Å². The predicted octanol–water partition coefficient (Wildman–Crippen LogP) is 4.78. The molecule has 0 fully saturated rings. The van der Waals surface area contributed by atoms with Crippen molar-refractivity contribution in [1.29, 1.82) is 0 Å². The van der Waals surface area contributed by atoms with Gasteiger partial charge in [0.1, 0.15) is 0 Å². The fourth-order valence-corrected chi connectivity index (χ4v) is 2.51. The van der Waals surface area contributed by atoms with Crippen LogP contribution in [0.5, 0.6) is 0 Å². The van der Waals surface area contributed by atoms with Crippen molar-refractivity contribution in [3.8, 4) is 0 Å². The zero-order chi connectivity index (χ0) is 13.0. The molecule has 1 aliphatic heterocycles. The van der Waals surface area contributed by atoms with E-state index in [1.807, 2.05) is 0 Å². The van der Waals surface area contributed by atoms with Gasteiger partial charge in [0.05, 0.1) is 0 Å². The standard InChI is InChI=1S/C17H21N/c1-4-8-15-12-13-18(14(15)3)17-11-7-6-10-16(17)9-5-2/h4-11H,12-13H2,1-3H3/b8-4-,9-5-. The van der Waals surface area contributed by atoms with Crippen molar-refractivity contribution >= 4 is 11.8 Å². The van der Waals surface area contributed by atoms with Gasteiger partial charge in [-0.15, -0.1) is 0 Å². The van der Waals surface area contributed by atoms with Crippen LogP contribution in [0.4, 0.5) is 5.69 Å². The molecule has 0 radical (unpaired) electrons. The number of nitrogens with zero attached hydrogens (tertiary/aromatic N) is 1. The van der Waals surface area contributed by atoms with Crippen LogP contribution in [0.2, 0.25) is 0 Å². The highest BCUT2D eigenvalue weighted by molar-refractivity contribution is 5.70. The molecule has 0 amide bonds. The van der Waals surface area contributed by atoms with Crippen molar-refractivity contribution in [2.75, 3.05) is 11.4 Å². The second kappa shape index (κ2) is 5.72. The molecule has 0 N–H and O–H groups in total. The van der Waals surface area contributed by atoms with Gasteiger partial charge in [0, 0.05) is 17.9 Å². The smallest absolute Gasteiger partial charge is 0.0481 e. The molecule has 18 heavy (non-hydrogen) atoms. The van der Waals surface area contributed by atoms with Crippen molar-refractivity contribution in [2.45, 2.75) is 27.2 Å². The van der Waals surface area contributed by atoms with Gasteiger partial charge in [0.25, 0.3) is 0 Å². The van der Waals surface area contributed by atoms with Crippen LogP contribution in [-0.2, 0) is 0 Å². The lowest BCUT2D eigenvalue weighted by molar-refractivity contribution is 0.962. The molecule has 0 bridgehead atoms. The van der Waals surface area contributed by atoms with E-state index in [4.69, 9.17) is 0 Å². The molecule has 1 aliphatic rings. The van der Waals surface area contributed by atoms with E-state index < -0.39 is 0 Å². The Hall–Kier alpha value is -1.76. The van der Waals surface area contributed by atoms with Gasteiger partial charge in [-0.3, -0.25) is 0 Å². The van der Waals surface area contributed by atoms with Gasteiger partial charge in [-0.25, -0.2) is 0 Å². The van der Waals surface area contributed by atoms with Crippen LogP contribution in [0.15, 0.2) is 53.8 Å². The predicted molar refractivity (Wildman–Crippen MR) is 80.6 cm³/mol. The second-order valence-corrected chi connectivity index (χ2v) is 4.57. The molecule has 0 unspecified atom stereocenters. The first kappa shape index (κ1) is 12.7. The number of hydrogen-bond acceptors (Lipinski definition) is 1. The molecule has 0 saturated carbocycles. The maximum Gasteiger partial charge on any atom is 0.0481 e. The largest absolute Gasteiger partial charge is 0.344 e. The summed E-state index contributed by atoms with van der Waals surface area (Å²) in [5, 5.41) is 0. The molecule has 1 aromatic carbocycles. The van der Waals surface area contributed by atoms with E-state index in [0.29, 0.717) is 0 Å². The number of hydrogen-bond donors (Lipinski definition) is 0. The van der Waals surface area contributed by atoms with E-state index in [1.165, 1.54) is 22.5 Å². The van der Waals surface area contributed by atoms with E-state index in [-0.39, 0.29) is 0 Å². The molecular formula is C17H21N. The maximum absolute atomic E-state index is 2.42. The third-order valence-electron chi connectivity index (χ3n) is 3.42. The highest BCUT2D eigenvalue weighted by atomic mass is 15.2. The second-order valence-electron chi connectivity index (χ2n) is 4.57. The van der Waals surface area contributed by atoms with Crippen molar-refractivity contribution in [2.24, 2.45) is 0 Å². The third-order valence-corrected chi connectivity index (χ3v) is 3.42. The molecule has 1 nitrogen and oxygen atoms in total. The Morgan fingerprint density at radius 2 is 1.78 bits per heavy atom. The van der Waals surface area contributed by atoms with E-state index in [1.54, 1.807) is 0 Å².